The van der Waals surface area contributed by atoms with E-state index < -0.39 is 0 Å². The van der Waals surface area contributed by atoms with Gasteiger partial charge in [-0.2, -0.15) is 0 Å². The van der Waals surface area contributed by atoms with Gasteiger partial charge in [-0.25, -0.2) is 9.78 Å². The third kappa shape index (κ3) is 3.84. The normalized spacial score (nSPS) is 21.6. The molecule has 110 valence electrons. The highest BCUT2D eigenvalue weighted by Gasteiger charge is 2.25. The van der Waals surface area contributed by atoms with Gasteiger partial charge in [0, 0.05) is 26.6 Å². The molecule has 2 rings (SSSR count). The van der Waals surface area contributed by atoms with Crippen LogP contribution in [0, 0.1) is 5.92 Å². The van der Waals surface area contributed by atoms with E-state index >= 15 is 0 Å². The molecule has 1 saturated carbocycles. The molecule has 6 nitrogen and oxygen atoms in total. The number of aliphatic hydroxyl groups excluding tert-OH is 1. The molecule has 2 amide bonds. The van der Waals surface area contributed by atoms with Crippen LogP contribution in [0.2, 0.25) is 0 Å². The fourth-order valence-electron chi connectivity index (χ4n) is 2.38. The molecule has 1 fully saturated rings. The summed E-state index contributed by atoms with van der Waals surface area (Å²) in [5.41, 5.74) is 0.653. The van der Waals surface area contributed by atoms with Gasteiger partial charge in [-0.3, -0.25) is 0 Å². The van der Waals surface area contributed by atoms with Gasteiger partial charge in [0.1, 0.15) is 5.82 Å². The summed E-state index contributed by atoms with van der Waals surface area (Å²) in [7, 11) is 3.82. The van der Waals surface area contributed by atoms with Gasteiger partial charge in [-0.05, 0) is 25.0 Å². The molecule has 0 bridgehead atoms. The number of hydrogen-bond donors (Lipinski definition) is 3. The summed E-state index contributed by atoms with van der Waals surface area (Å²) in [4.78, 5) is 17.9. The predicted molar refractivity (Wildman–Crippen MR) is 78.9 cm³/mol. The fraction of sp³-hybridized carbons (Fsp3) is 0.571. The first-order valence-corrected chi connectivity index (χ1v) is 6.92. The monoisotopic (exact) mass is 278 g/mol. The summed E-state index contributed by atoms with van der Waals surface area (Å²) in [6, 6.07) is 3.39. The van der Waals surface area contributed by atoms with E-state index in [9.17, 15) is 9.90 Å². The number of aliphatic hydroxyl groups is 1. The van der Waals surface area contributed by atoms with Gasteiger partial charge in [0.25, 0.3) is 0 Å². The first-order valence-electron chi connectivity index (χ1n) is 6.92. The van der Waals surface area contributed by atoms with Crippen molar-refractivity contribution in [2.75, 3.05) is 30.9 Å². The van der Waals surface area contributed by atoms with Crippen LogP contribution in [0.3, 0.4) is 0 Å². The van der Waals surface area contributed by atoms with Crippen molar-refractivity contribution >= 4 is 17.5 Å². The first-order chi connectivity index (χ1) is 9.56. The number of hydrogen-bond acceptors (Lipinski definition) is 4. The Morgan fingerprint density at radius 2 is 2.25 bits per heavy atom. The number of carbonyl (C=O) groups is 1. The third-order valence-electron chi connectivity index (χ3n) is 3.61. The molecule has 3 N–H and O–H groups in total. The lowest BCUT2D eigenvalue weighted by Crippen LogP contribution is -2.35. The largest absolute Gasteiger partial charge is 0.393 e. The zero-order valence-corrected chi connectivity index (χ0v) is 12.0. The molecule has 0 unspecified atom stereocenters. The van der Waals surface area contributed by atoms with Crippen molar-refractivity contribution in [1.29, 1.82) is 0 Å². The maximum atomic E-state index is 11.8. The molecule has 20 heavy (non-hydrogen) atoms. The summed E-state index contributed by atoms with van der Waals surface area (Å²) >= 11 is 0. The maximum absolute atomic E-state index is 11.8. The predicted octanol–water partition coefficient (Wildman–Crippen LogP) is 1.43. The molecule has 0 aromatic carbocycles. The Balaban J connectivity index is 1.79. The van der Waals surface area contributed by atoms with Crippen LogP contribution < -0.4 is 15.5 Å². The van der Waals surface area contributed by atoms with Crippen molar-refractivity contribution in [3.63, 3.8) is 0 Å². The van der Waals surface area contributed by atoms with Gasteiger partial charge in [0.05, 0.1) is 18.0 Å². The lowest BCUT2D eigenvalue weighted by atomic mass is 10.1. The van der Waals surface area contributed by atoms with Gasteiger partial charge >= 0.3 is 6.03 Å². The standard InChI is InChI=1S/C14H22N4O2/c1-18(2)13-7-6-11(9-15-13)17-14(20)16-8-10-4-3-5-12(10)19/h6-7,9-10,12,19H,3-5,8H2,1-2H3,(H2,16,17,20)/t10-,12+/m0/s1. The summed E-state index contributed by atoms with van der Waals surface area (Å²) in [6.45, 7) is 0.510. The van der Waals surface area contributed by atoms with Crippen LogP contribution in [-0.2, 0) is 0 Å². The van der Waals surface area contributed by atoms with Crippen LogP contribution in [0.25, 0.3) is 0 Å². The second-order valence-corrected chi connectivity index (χ2v) is 5.39. The highest BCUT2D eigenvalue weighted by molar-refractivity contribution is 5.89. The average Bonchev–Trinajstić information content (AvgIpc) is 2.82. The molecule has 1 aromatic heterocycles. The van der Waals surface area contributed by atoms with E-state index in [0.29, 0.717) is 12.2 Å². The molecule has 0 aliphatic heterocycles. The van der Waals surface area contributed by atoms with E-state index in [0.717, 1.165) is 25.1 Å². The van der Waals surface area contributed by atoms with Gasteiger partial charge in [-0.1, -0.05) is 6.42 Å². The second-order valence-electron chi connectivity index (χ2n) is 5.39. The van der Waals surface area contributed by atoms with Crippen LogP contribution in [0.4, 0.5) is 16.3 Å². The second kappa shape index (κ2) is 6.56. The number of nitrogens with zero attached hydrogens (tertiary/aromatic N) is 2. The highest BCUT2D eigenvalue weighted by Crippen LogP contribution is 2.24. The summed E-state index contributed by atoms with van der Waals surface area (Å²) < 4.78 is 0. The van der Waals surface area contributed by atoms with Crippen LogP contribution in [0.1, 0.15) is 19.3 Å². The number of aromatic nitrogens is 1. The molecule has 1 aliphatic rings. The number of nitrogens with one attached hydrogen (secondary N) is 2. The minimum atomic E-state index is -0.281. The van der Waals surface area contributed by atoms with Crippen molar-refractivity contribution in [2.24, 2.45) is 5.92 Å². The summed E-state index contributed by atoms with van der Waals surface area (Å²) in [5, 5.41) is 15.2. The molecule has 6 heteroatoms. The molecule has 1 aliphatic carbocycles. The molecular weight excluding hydrogens is 256 g/mol. The molecule has 0 saturated heterocycles. The molecule has 2 atom stereocenters. The van der Waals surface area contributed by atoms with E-state index in [1.54, 1.807) is 6.20 Å². The van der Waals surface area contributed by atoms with Gasteiger partial charge in [0.2, 0.25) is 0 Å². The van der Waals surface area contributed by atoms with E-state index in [4.69, 9.17) is 0 Å². The average molecular weight is 278 g/mol. The van der Waals surface area contributed by atoms with Crippen LogP contribution >= 0.6 is 0 Å². The van der Waals surface area contributed by atoms with Crippen LogP contribution in [0.5, 0.6) is 0 Å². The fourth-order valence-corrected chi connectivity index (χ4v) is 2.38. The smallest absolute Gasteiger partial charge is 0.319 e. The Morgan fingerprint density at radius 1 is 1.45 bits per heavy atom. The van der Waals surface area contributed by atoms with Crippen molar-refractivity contribution in [3.05, 3.63) is 18.3 Å². The van der Waals surface area contributed by atoms with Crippen LogP contribution in [-0.4, -0.2) is 42.9 Å². The van der Waals surface area contributed by atoms with Gasteiger partial charge < -0.3 is 20.6 Å². The number of urea groups is 1. The first kappa shape index (κ1) is 14.6. The zero-order valence-electron chi connectivity index (χ0n) is 12.0. The Morgan fingerprint density at radius 3 is 2.80 bits per heavy atom. The van der Waals surface area contributed by atoms with Crippen molar-refractivity contribution in [2.45, 2.75) is 25.4 Å². The Kier molecular flexibility index (Phi) is 4.79. The van der Waals surface area contributed by atoms with Gasteiger partial charge in [0.15, 0.2) is 0 Å². The molecule has 0 radical (unpaired) electrons. The molecule has 1 heterocycles. The Hall–Kier alpha value is -1.82. The maximum Gasteiger partial charge on any atom is 0.319 e. The third-order valence-corrected chi connectivity index (χ3v) is 3.61. The van der Waals surface area contributed by atoms with Crippen molar-refractivity contribution in [3.8, 4) is 0 Å². The molecule has 1 aromatic rings. The summed E-state index contributed by atoms with van der Waals surface area (Å²) in [5.74, 6) is 1.01. The SMILES string of the molecule is CN(C)c1ccc(NC(=O)NC[C@@H]2CCC[C@H]2O)cn1. The minimum Gasteiger partial charge on any atom is -0.393 e. The number of carbonyl (C=O) groups excluding carboxylic acids is 1. The zero-order chi connectivity index (χ0) is 14.5. The quantitative estimate of drug-likeness (QED) is 0.778. The number of pyridine rings is 1. The van der Waals surface area contributed by atoms with E-state index in [1.807, 2.05) is 31.1 Å². The van der Waals surface area contributed by atoms with Crippen molar-refractivity contribution in [1.82, 2.24) is 10.3 Å². The van der Waals surface area contributed by atoms with E-state index in [1.165, 1.54) is 0 Å². The Bertz CT molecular complexity index is 447. The summed E-state index contributed by atoms with van der Waals surface area (Å²) in [6.07, 6.45) is 4.19. The lowest BCUT2D eigenvalue weighted by Gasteiger charge is -2.15. The topological polar surface area (TPSA) is 77.5 Å². The van der Waals surface area contributed by atoms with Gasteiger partial charge in [-0.15, -0.1) is 0 Å². The number of anilines is 2. The minimum absolute atomic E-state index is 0.176. The highest BCUT2D eigenvalue weighted by atomic mass is 16.3. The number of rotatable bonds is 4. The molecule has 0 spiro atoms. The molecular formula is C14H22N4O2. The Labute approximate surface area is 119 Å². The number of amides is 2. The van der Waals surface area contributed by atoms with Crippen molar-refractivity contribution < 1.29 is 9.90 Å². The van der Waals surface area contributed by atoms with E-state index in [2.05, 4.69) is 15.6 Å². The van der Waals surface area contributed by atoms with E-state index in [-0.39, 0.29) is 18.1 Å². The lowest BCUT2D eigenvalue weighted by molar-refractivity contribution is 0.133. The van der Waals surface area contributed by atoms with Crippen LogP contribution in [0.15, 0.2) is 18.3 Å².